The summed E-state index contributed by atoms with van der Waals surface area (Å²) in [7, 11) is 0. The van der Waals surface area contributed by atoms with Crippen LogP contribution in [0.1, 0.15) is 39.0 Å². The SMILES string of the molecule is C1=CC2[CH-]C3CCCCC3C2C=C1.CC1=[C-]CC=C1.[Cl-].[Cl-].[Hf+4]. The molecule has 3 heteroatoms. The van der Waals surface area contributed by atoms with Crippen molar-refractivity contribution in [2.75, 3.05) is 0 Å². The van der Waals surface area contributed by atoms with Crippen molar-refractivity contribution in [2.45, 2.75) is 39.0 Å². The van der Waals surface area contributed by atoms with Crippen molar-refractivity contribution in [1.29, 1.82) is 0 Å². The van der Waals surface area contributed by atoms with Gasteiger partial charge >= 0.3 is 25.8 Å². The Hall–Kier alpha value is 0.410. The second-order valence-corrected chi connectivity index (χ2v) is 6.20. The van der Waals surface area contributed by atoms with Crippen LogP contribution in [0.5, 0.6) is 0 Å². The first-order valence-corrected chi connectivity index (χ1v) is 7.78. The molecule has 4 aliphatic rings. The molecular weight excluding hydrogens is 478 g/mol. The van der Waals surface area contributed by atoms with Crippen LogP contribution < -0.4 is 24.8 Å². The Balaban J connectivity index is 0.000000429. The van der Waals surface area contributed by atoms with Crippen LogP contribution in [0, 0.1) is 36.2 Å². The van der Waals surface area contributed by atoms with Gasteiger partial charge in [0.1, 0.15) is 0 Å². The van der Waals surface area contributed by atoms with E-state index in [0.717, 1.165) is 30.1 Å². The molecule has 4 unspecified atom stereocenters. The first-order valence-electron chi connectivity index (χ1n) is 7.78. The Morgan fingerprint density at radius 1 is 1.09 bits per heavy atom. The fourth-order valence-electron chi connectivity index (χ4n) is 3.97. The summed E-state index contributed by atoms with van der Waals surface area (Å²) in [4.78, 5) is 0. The molecule has 0 nitrogen and oxygen atoms in total. The summed E-state index contributed by atoms with van der Waals surface area (Å²) < 4.78 is 0. The molecule has 4 aliphatic carbocycles. The fraction of sp³-hybridized carbons (Fsp3) is 0.526. The molecule has 2 saturated carbocycles. The average molecular weight is 502 g/mol. The van der Waals surface area contributed by atoms with Crippen molar-refractivity contribution < 1.29 is 50.7 Å². The monoisotopic (exact) mass is 502 g/mol. The third-order valence-corrected chi connectivity index (χ3v) is 4.93. The maximum Gasteiger partial charge on any atom is 4.00 e. The zero-order valence-corrected chi connectivity index (χ0v) is 18.2. The summed E-state index contributed by atoms with van der Waals surface area (Å²) in [6.07, 6.45) is 26.1. The standard InChI is InChI=1S/C13H17.C6H7.2ClH.Hf/c1-3-7-12-10(5-1)9-11-6-2-4-8-13(11)12;1-6-4-2-3-5-6;;;/h1,3,5,7,9-13H,2,4,6,8H2;2,4H,3H2,1H3;2*1H;/q2*-1;;;+4/p-2. The molecule has 0 heterocycles. The van der Waals surface area contributed by atoms with E-state index in [9.17, 15) is 0 Å². The topological polar surface area (TPSA) is 0 Å². The van der Waals surface area contributed by atoms with Crippen molar-refractivity contribution in [3.63, 3.8) is 0 Å². The summed E-state index contributed by atoms with van der Waals surface area (Å²) in [5.41, 5.74) is 1.27. The van der Waals surface area contributed by atoms with Gasteiger partial charge in [-0.2, -0.15) is 12.0 Å². The largest absolute Gasteiger partial charge is 4.00 e. The maximum atomic E-state index is 3.12. The van der Waals surface area contributed by atoms with Crippen molar-refractivity contribution >= 4 is 0 Å². The van der Waals surface area contributed by atoms with Gasteiger partial charge in [-0.15, -0.1) is 18.4 Å². The quantitative estimate of drug-likeness (QED) is 0.297. The molecule has 0 aliphatic heterocycles. The molecule has 0 aromatic rings. The van der Waals surface area contributed by atoms with Gasteiger partial charge in [-0.3, -0.25) is 6.08 Å². The summed E-state index contributed by atoms with van der Waals surface area (Å²) in [5.74, 6) is 3.56. The number of rotatable bonds is 0. The van der Waals surface area contributed by atoms with E-state index in [2.05, 4.69) is 55.9 Å². The third-order valence-electron chi connectivity index (χ3n) is 4.93. The van der Waals surface area contributed by atoms with Gasteiger partial charge in [0.15, 0.2) is 0 Å². The molecule has 4 atom stereocenters. The molecule has 0 aromatic heterocycles. The number of fused-ring (bicyclic) bond motifs is 3. The molecular formula is C19H24Cl2Hf. The zero-order valence-electron chi connectivity index (χ0n) is 13.1. The summed E-state index contributed by atoms with van der Waals surface area (Å²) in [6.45, 7) is 2.06. The molecule has 22 heavy (non-hydrogen) atoms. The van der Waals surface area contributed by atoms with Crippen LogP contribution in [0.4, 0.5) is 0 Å². The maximum absolute atomic E-state index is 3.12. The van der Waals surface area contributed by atoms with Crippen molar-refractivity contribution in [1.82, 2.24) is 0 Å². The number of halogens is 2. The van der Waals surface area contributed by atoms with E-state index in [4.69, 9.17) is 0 Å². The van der Waals surface area contributed by atoms with Gasteiger partial charge in [-0.1, -0.05) is 56.8 Å². The summed E-state index contributed by atoms with van der Waals surface area (Å²) in [6, 6.07) is 0. The normalized spacial score (nSPS) is 33.0. The summed E-state index contributed by atoms with van der Waals surface area (Å²) in [5, 5.41) is 0. The molecule has 2 fully saturated rings. The molecule has 0 radical (unpaired) electrons. The van der Waals surface area contributed by atoms with Crippen LogP contribution in [0.25, 0.3) is 0 Å². The molecule has 0 saturated heterocycles. The molecule has 0 spiro atoms. The van der Waals surface area contributed by atoms with E-state index in [-0.39, 0.29) is 50.7 Å². The first-order chi connectivity index (χ1) is 9.34. The minimum Gasteiger partial charge on any atom is -1.00 e. The van der Waals surface area contributed by atoms with Crippen LogP contribution >= 0.6 is 0 Å². The van der Waals surface area contributed by atoms with Gasteiger partial charge in [0.25, 0.3) is 0 Å². The van der Waals surface area contributed by atoms with Gasteiger partial charge in [0.05, 0.1) is 0 Å². The van der Waals surface area contributed by atoms with E-state index in [0.29, 0.717) is 0 Å². The average Bonchev–Trinajstić information content (AvgIpc) is 3.06. The number of allylic oxidation sites excluding steroid dienone is 8. The van der Waals surface area contributed by atoms with Crippen LogP contribution in [-0.2, 0) is 25.8 Å². The third kappa shape index (κ3) is 5.49. The van der Waals surface area contributed by atoms with Crippen LogP contribution in [0.15, 0.2) is 42.0 Å². The Labute approximate surface area is 167 Å². The number of hydrogen-bond donors (Lipinski definition) is 0. The fourth-order valence-corrected chi connectivity index (χ4v) is 3.97. The Kier molecular flexibility index (Phi) is 11.3. The summed E-state index contributed by atoms with van der Waals surface area (Å²) >= 11 is 0. The van der Waals surface area contributed by atoms with Crippen LogP contribution in [-0.4, -0.2) is 0 Å². The zero-order chi connectivity index (χ0) is 13.1. The second kappa shape index (κ2) is 11.1. The van der Waals surface area contributed by atoms with E-state index in [1.54, 1.807) is 0 Å². The van der Waals surface area contributed by atoms with Gasteiger partial charge in [0.2, 0.25) is 0 Å². The van der Waals surface area contributed by atoms with Crippen molar-refractivity contribution in [2.24, 2.45) is 23.7 Å². The Morgan fingerprint density at radius 2 is 1.82 bits per heavy atom. The second-order valence-electron chi connectivity index (χ2n) is 6.20. The van der Waals surface area contributed by atoms with Gasteiger partial charge in [0, 0.05) is 0 Å². The number of hydrogen-bond acceptors (Lipinski definition) is 0. The molecule has 0 aromatic carbocycles. The predicted octanol–water partition coefficient (Wildman–Crippen LogP) is -0.930. The van der Waals surface area contributed by atoms with Gasteiger partial charge in [-0.05, 0) is 5.92 Å². The van der Waals surface area contributed by atoms with E-state index in [1.165, 1.54) is 31.3 Å². The molecule has 0 amide bonds. The Morgan fingerprint density at radius 3 is 2.45 bits per heavy atom. The first kappa shape index (κ1) is 22.4. The van der Waals surface area contributed by atoms with E-state index < -0.39 is 0 Å². The van der Waals surface area contributed by atoms with Crippen molar-refractivity contribution in [3.05, 3.63) is 54.5 Å². The molecule has 118 valence electrons. The molecule has 0 bridgehead atoms. The minimum absolute atomic E-state index is 0. The van der Waals surface area contributed by atoms with Crippen LogP contribution in [0.2, 0.25) is 0 Å². The Bertz CT molecular complexity index is 434. The van der Waals surface area contributed by atoms with Gasteiger partial charge < -0.3 is 31.2 Å². The minimum atomic E-state index is 0. The molecule has 4 rings (SSSR count). The van der Waals surface area contributed by atoms with Crippen LogP contribution in [0.3, 0.4) is 0 Å². The van der Waals surface area contributed by atoms with Gasteiger partial charge in [-0.25, -0.2) is 11.6 Å². The smallest absolute Gasteiger partial charge is 1.00 e. The molecule has 0 N–H and O–H groups in total. The predicted molar refractivity (Wildman–Crippen MR) is 81.2 cm³/mol. The van der Waals surface area contributed by atoms with E-state index >= 15 is 0 Å². The van der Waals surface area contributed by atoms with E-state index in [1.807, 2.05) is 0 Å². The van der Waals surface area contributed by atoms with Crippen molar-refractivity contribution in [3.8, 4) is 0 Å².